The van der Waals surface area contributed by atoms with Crippen LogP contribution in [-0.4, -0.2) is 24.8 Å². The van der Waals surface area contributed by atoms with Gasteiger partial charge in [-0.05, 0) is 29.7 Å². The zero-order valence-electron chi connectivity index (χ0n) is 13.5. The molecule has 25 heavy (non-hydrogen) atoms. The number of amides is 2. The van der Waals surface area contributed by atoms with Gasteiger partial charge in [0.05, 0.1) is 6.04 Å². The van der Waals surface area contributed by atoms with Crippen LogP contribution in [0.4, 0.5) is 14.0 Å². The van der Waals surface area contributed by atoms with Crippen LogP contribution in [-0.2, 0) is 22.5 Å². The summed E-state index contributed by atoms with van der Waals surface area (Å²) in [5.41, 5.74) is 6.44. The molecule has 0 spiro atoms. The number of halogens is 1. The number of rotatable bonds is 7. The van der Waals surface area contributed by atoms with E-state index in [0.29, 0.717) is 5.56 Å². The topological polar surface area (TPSA) is 90.7 Å². The molecule has 0 saturated heterocycles. The lowest BCUT2D eigenvalue weighted by Crippen LogP contribution is -2.41. The van der Waals surface area contributed by atoms with Crippen LogP contribution in [0.15, 0.2) is 54.6 Å². The highest BCUT2D eigenvalue weighted by Crippen LogP contribution is 2.08. The number of alkyl carbamates (subject to hydrolysis) is 1. The van der Waals surface area contributed by atoms with Crippen molar-refractivity contribution in [2.24, 2.45) is 5.73 Å². The molecule has 3 N–H and O–H groups in total. The fourth-order valence-corrected chi connectivity index (χ4v) is 2.21. The Morgan fingerprint density at radius 1 is 1.04 bits per heavy atom. The summed E-state index contributed by atoms with van der Waals surface area (Å²) in [6, 6.07) is 14.5. The van der Waals surface area contributed by atoms with E-state index in [1.807, 2.05) is 30.3 Å². The van der Waals surface area contributed by atoms with Crippen LogP contribution in [0.3, 0.4) is 0 Å². The van der Waals surface area contributed by atoms with Crippen molar-refractivity contribution in [3.63, 3.8) is 0 Å². The van der Waals surface area contributed by atoms with Crippen molar-refractivity contribution in [2.45, 2.75) is 19.1 Å². The zero-order chi connectivity index (χ0) is 18.1. The normalized spacial score (nSPS) is 11.4. The van der Waals surface area contributed by atoms with Gasteiger partial charge in [0.15, 0.2) is 0 Å². The van der Waals surface area contributed by atoms with Crippen molar-refractivity contribution in [3.8, 4) is 0 Å². The maximum absolute atomic E-state index is 13.3. The van der Waals surface area contributed by atoms with E-state index < -0.39 is 24.0 Å². The summed E-state index contributed by atoms with van der Waals surface area (Å²) in [6.07, 6.45) is -1.37. The second-order valence-electron chi connectivity index (χ2n) is 5.37. The number of carbonyl (C=O) groups is 2. The van der Waals surface area contributed by atoms with Gasteiger partial charge in [-0.2, -0.15) is 0 Å². The van der Waals surface area contributed by atoms with Crippen LogP contribution < -0.4 is 11.1 Å². The first kappa shape index (κ1) is 18.3. The molecule has 0 heterocycles. The Kier molecular flexibility index (Phi) is 6.76. The Morgan fingerprint density at radius 2 is 1.76 bits per heavy atom. The first-order valence-corrected chi connectivity index (χ1v) is 7.67. The lowest BCUT2D eigenvalue weighted by Gasteiger charge is -2.18. The lowest BCUT2D eigenvalue weighted by atomic mass is 10.1. The molecule has 0 unspecified atom stereocenters. The summed E-state index contributed by atoms with van der Waals surface area (Å²) in [4.78, 5) is 22.8. The van der Waals surface area contributed by atoms with E-state index in [2.05, 4.69) is 5.32 Å². The standard InChI is InChI=1S/C18H19FN2O4/c19-15-8-4-7-14(9-15)10-16(12-24-17(20)22)21-18(23)25-11-13-5-2-1-3-6-13/h1-9,16H,10-12H2,(H2,20,22)(H,21,23)/t16-/m0/s1. The van der Waals surface area contributed by atoms with Crippen LogP contribution in [0.2, 0.25) is 0 Å². The molecule has 0 aliphatic rings. The Balaban J connectivity index is 1.92. The number of nitrogens with two attached hydrogens (primary N) is 1. The minimum Gasteiger partial charge on any atom is -0.448 e. The van der Waals surface area contributed by atoms with Gasteiger partial charge in [-0.1, -0.05) is 42.5 Å². The number of hydrogen-bond donors (Lipinski definition) is 2. The molecule has 1 atom stereocenters. The largest absolute Gasteiger partial charge is 0.448 e. The van der Waals surface area contributed by atoms with Gasteiger partial charge in [0, 0.05) is 0 Å². The number of primary amides is 1. The maximum Gasteiger partial charge on any atom is 0.407 e. The van der Waals surface area contributed by atoms with E-state index >= 15 is 0 Å². The van der Waals surface area contributed by atoms with Gasteiger partial charge in [-0.3, -0.25) is 0 Å². The zero-order valence-corrected chi connectivity index (χ0v) is 13.5. The van der Waals surface area contributed by atoms with Crippen molar-refractivity contribution in [1.82, 2.24) is 5.32 Å². The maximum atomic E-state index is 13.3. The second-order valence-corrected chi connectivity index (χ2v) is 5.37. The monoisotopic (exact) mass is 346 g/mol. The smallest absolute Gasteiger partial charge is 0.407 e. The summed E-state index contributed by atoms with van der Waals surface area (Å²) in [5, 5.41) is 2.59. The molecule has 2 amide bonds. The van der Waals surface area contributed by atoms with Gasteiger partial charge >= 0.3 is 12.2 Å². The summed E-state index contributed by atoms with van der Waals surface area (Å²) < 4.78 is 23.2. The molecule has 0 aliphatic heterocycles. The van der Waals surface area contributed by atoms with Crippen LogP contribution in [0.1, 0.15) is 11.1 Å². The molecule has 132 valence electrons. The average molecular weight is 346 g/mol. The van der Waals surface area contributed by atoms with E-state index in [1.165, 1.54) is 12.1 Å². The SMILES string of the molecule is NC(=O)OC[C@H](Cc1cccc(F)c1)NC(=O)OCc1ccccc1. The van der Waals surface area contributed by atoms with E-state index in [4.69, 9.17) is 15.2 Å². The lowest BCUT2D eigenvalue weighted by molar-refractivity contribution is 0.119. The summed E-state index contributed by atoms with van der Waals surface area (Å²) in [6.45, 7) is -0.0394. The molecule has 0 aromatic heterocycles. The minimum atomic E-state index is -0.955. The van der Waals surface area contributed by atoms with Crippen molar-refractivity contribution in [1.29, 1.82) is 0 Å². The highest BCUT2D eigenvalue weighted by Gasteiger charge is 2.16. The Morgan fingerprint density at radius 3 is 2.44 bits per heavy atom. The molecule has 0 bridgehead atoms. The summed E-state index contributed by atoms with van der Waals surface area (Å²) in [5.74, 6) is -0.390. The van der Waals surface area contributed by atoms with E-state index in [9.17, 15) is 14.0 Å². The van der Waals surface area contributed by atoms with Crippen molar-refractivity contribution in [2.75, 3.05) is 6.61 Å². The van der Waals surface area contributed by atoms with E-state index in [0.717, 1.165) is 5.56 Å². The van der Waals surface area contributed by atoms with Gasteiger partial charge in [0.1, 0.15) is 19.0 Å². The van der Waals surface area contributed by atoms with Crippen molar-refractivity contribution in [3.05, 3.63) is 71.5 Å². The van der Waals surface area contributed by atoms with Crippen molar-refractivity contribution < 1.29 is 23.5 Å². The quantitative estimate of drug-likeness (QED) is 0.806. The molecule has 0 fully saturated rings. The molecule has 0 saturated carbocycles. The first-order chi connectivity index (χ1) is 12.0. The van der Waals surface area contributed by atoms with Crippen LogP contribution in [0.25, 0.3) is 0 Å². The number of benzene rings is 2. The third kappa shape index (κ3) is 6.90. The van der Waals surface area contributed by atoms with Crippen LogP contribution in [0, 0.1) is 5.82 Å². The minimum absolute atomic E-state index is 0.107. The van der Waals surface area contributed by atoms with Gasteiger partial charge < -0.3 is 20.5 Å². The Bertz CT molecular complexity index is 709. The average Bonchev–Trinajstić information content (AvgIpc) is 2.59. The number of carbonyl (C=O) groups excluding carboxylic acids is 2. The fraction of sp³-hybridized carbons (Fsp3) is 0.222. The third-order valence-electron chi connectivity index (χ3n) is 3.33. The number of nitrogens with one attached hydrogen (secondary N) is 1. The predicted molar refractivity (Wildman–Crippen MR) is 89.2 cm³/mol. The fourth-order valence-electron chi connectivity index (χ4n) is 2.21. The second kappa shape index (κ2) is 9.27. The van der Waals surface area contributed by atoms with Crippen LogP contribution >= 0.6 is 0 Å². The Hall–Kier alpha value is -3.09. The summed E-state index contributed by atoms with van der Waals surface area (Å²) >= 11 is 0. The van der Waals surface area contributed by atoms with E-state index in [-0.39, 0.29) is 19.6 Å². The summed E-state index contributed by atoms with van der Waals surface area (Å²) in [7, 11) is 0. The molecule has 2 aromatic carbocycles. The molecular formula is C18H19FN2O4. The molecule has 7 heteroatoms. The molecule has 0 aliphatic carbocycles. The number of hydrogen-bond acceptors (Lipinski definition) is 4. The van der Waals surface area contributed by atoms with Gasteiger partial charge in [-0.15, -0.1) is 0 Å². The Labute approximate surface area is 144 Å². The molecule has 6 nitrogen and oxygen atoms in total. The van der Waals surface area contributed by atoms with E-state index in [1.54, 1.807) is 12.1 Å². The molecule has 2 rings (SSSR count). The number of ether oxygens (including phenoxy) is 2. The van der Waals surface area contributed by atoms with Crippen LogP contribution in [0.5, 0.6) is 0 Å². The van der Waals surface area contributed by atoms with Crippen molar-refractivity contribution >= 4 is 12.2 Å². The molecular weight excluding hydrogens is 327 g/mol. The van der Waals surface area contributed by atoms with Gasteiger partial charge in [0.25, 0.3) is 0 Å². The highest BCUT2D eigenvalue weighted by molar-refractivity contribution is 5.68. The van der Waals surface area contributed by atoms with Gasteiger partial charge in [-0.25, -0.2) is 14.0 Å². The third-order valence-corrected chi connectivity index (χ3v) is 3.33. The molecule has 2 aromatic rings. The van der Waals surface area contributed by atoms with Gasteiger partial charge in [0.2, 0.25) is 0 Å². The first-order valence-electron chi connectivity index (χ1n) is 7.67. The molecule has 0 radical (unpaired) electrons. The highest BCUT2D eigenvalue weighted by atomic mass is 19.1. The predicted octanol–water partition coefficient (Wildman–Crippen LogP) is 2.76.